The van der Waals surface area contributed by atoms with Crippen LogP contribution in [0.1, 0.15) is 10.4 Å². The number of methoxy groups -OCH3 is 1. The molecule has 0 aliphatic carbocycles. The fourth-order valence-corrected chi connectivity index (χ4v) is 2.20. The molecule has 0 unspecified atom stereocenters. The van der Waals surface area contributed by atoms with Crippen molar-refractivity contribution in [3.05, 3.63) is 41.0 Å². The van der Waals surface area contributed by atoms with Gasteiger partial charge in [0.2, 0.25) is 0 Å². The van der Waals surface area contributed by atoms with E-state index in [-0.39, 0.29) is 5.91 Å². The summed E-state index contributed by atoms with van der Waals surface area (Å²) in [6, 6.07) is 7.08. The first-order chi connectivity index (χ1) is 10.2. The second kappa shape index (κ2) is 7.93. The highest BCUT2D eigenvalue weighted by Crippen LogP contribution is 2.24. The van der Waals surface area contributed by atoms with Gasteiger partial charge in [0.25, 0.3) is 5.91 Å². The molecule has 0 aliphatic rings. The third-order valence-corrected chi connectivity index (χ3v) is 3.36. The van der Waals surface area contributed by atoms with Gasteiger partial charge < -0.3 is 15.4 Å². The van der Waals surface area contributed by atoms with Crippen molar-refractivity contribution in [2.24, 2.45) is 0 Å². The van der Waals surface area contributed by atoms with Crippen molar-refractivity contribution in [3.63, 3.8) is 0 Å². The van der Waals surface area contributed by atoms with E-state index in [4.69, 9.17) is 16.3 Å². The molecule has 0 atom stereocenters. The van der Waals surface area contributed by atoms with Crippen LogP contribution in [0.2, 0.25) is 5.02 Å². The molecule has 0 aliphatic heterocycles. The van der Waals surface area contributed by atoms with E-state index in [1.54, 1.807) is 31.5 Å². The first kappa shape index (κ1) is 15.7. The highest BCUT2D eigenvalue weighted by atomic mass is 35.5. The standard InChI is InChI=1S/C15H18ClN3O2/c1-21-10-9-17-7-8-19-15(20)12-4-5-13(16)11-3-2-6-18-14(11)12/h2-6,17H,7-10H2,1H3,(H,19,20). The van der Waals surface area contributed by atoms with E-state index < -0.39 is 0 Å². The highest BCUT2D eigenvalue weighted by Gasteiger charge is 2.12. The van der Waals surface area contributed by atoms with Crippen molar-refractivity contribution in [3.8, 4) is 0 Å². The van der Waals surface area contributed by atoms with Crippen LogP contribution in [-0.4, -0.2) is 44.2 Å². The smallest absolute Gasteiger partial charge is 0.253 e. The Balaban J connectivity index is 1.98. The van der Waals surface area contributed by atoms with Gasteiger partial charge in [0.1, 0.15) is 0 Å². The number of rotatable bonds is 7. The van der Waals surface area contributed by atoms with Crippen LogP contribution in [-0.2, 0) is 4.74 Å². The zero-order valence-electron chi connectivity index (χ0n) is 11.9. The number of benzene rings is 1. The summed E-state index contributed by atoms with van der Waals surface area (Å²) in [6.45, 7) is 2.64. The Morgan fingerprint density at radius 3 is 2.95 bits per heavy atom. The lowest BCUT2D eigenvalue weighted by atomic mass is 10.1. The quantitative estimate of drug-likeness (QED) is 0.766. The lowest BCUT2D eigenvalue weighted by molar-refractivity contribution is 0.0955. The second-order valence-corrected chi connectivity index (χ2v) is 4.90. The fourth-order valence-electron chi connectivity index (χ4n) is 1.98. The molecule has 112 valence electrons. The van der Waals surface area contributed by atoms with E-state index in [0.29, 0.717) is 35.8 Å². The first-order valence-electron chi connectivity index (χ1n) is 6.75. The second-order valence-electron chi connectivity index (χ2n) is 4.49. The molecule has 2 aromatic rings. The molecule has 2 N–H and O–H groups in total. The van der Waals surface area contributed by atoms with Crippen LogP contribution in [0.25, 0.3) is 10.9 Å². The Bertz CT molecular complexity index is 619. The maximum absolute atomic E-state index is 12.2. The number of nitrogens with one attached hydrogen (secondary N) is 2. The summed E-state index contributed by atoms with van der Waals surface area (Å²) in [7, 11) is 1.65. The van der Waals surface area contributed by atoms with Crippen LogP contribution >= 0.6 is 11.6 Å². The van der Waals surface area contributed by atoms with Crippen LogP contribution in [0.3, 0.4) is 0 Å². The van der Waals surface area contributed by atoms with Crippen molar-refractivity contribution in [1.29, 1.82) is 0 Å². The number of amides is 1. The molecule has 0 radical (unpaired) electrons. The van der Waals surface area contributed by atoms with Crippen molar-refractivity contribution < 1.29 is 9.53 Å². The summed E-state index contributed by atoms with van der Waals surface area (Å²) in [5.74, 6) is -0.149. The molecule has 1 aromatic carbocycles. The molecular weight excluding hydrogens is 290 g/mol. The molecular formula is C15H18ClN3O2. The Kier molecular flexibility index (Phi) is 5.92. The maximum Gasteiger partial charge on any atom is 0.253 e. The molecule has 1 heterocycles. The molecule has 0 spiro atoms. The predicted octanol–water partition coefficient (Wildman–Crippen LogP) is 1.85. The molecule has 2 rings (SSSR count). The number of pyridine rings is 1. The highest BCUT2D eigenvalue weighted by molar-refractivity contribution is 6.36. The van der Waals surface area contributed by atoms with Gasteiger partial charge in [-0.1, -0.05) is 11.6 Å². The average Bonchev–Trinajstić information content (AvgIpc) is 2.51. The van der Waals surface area contributed by atoms with Crippen LogP contribution in [0.5, 0.6) is 0 Å². The van der Waals surface area contributed by atoms with Crippen LogP contribution in [0, 0.1) is 0 Å². The van der Waals surface area contributed by atoms with Gasteiger partial charge in [-0.25, -0.2) is 0 Å². The summed E-state index contributed by atoms with van der Waals surface area (Å²) in [6.07, 6.45) is 1.65. The number of aromatic nitrogens is 1. The summed E-state index contributed by atoms with van der Waals surface area (Å²) >= 11 is 6.12. The molecule has 1 amide bonds. The van der Waals surface area contributed by atoms with E-state index in [0.717, 1.165) is 11.9 Å². The van der Waals surface area contributed by atoms with E-state index in [2.05, 4.69) is 15.6 Å². The number of hydrogen-bond acceptors (Lipinski definition) is 4. The van der Waals surface area contributed by atoms with Gasteiger partial charge in [0.05, 0.1) is 22.7 Å². The number of carbonyl (C=O) groups is 1. The molecule has 5 nitrogen and oxygen atoms in total. The Morgan fingerprint density at radius 2 is 2.14 bits per heavy atom. The monoisotopic (exact) mass is 307 g/mol. The molecule has 1 aromatic heterocycles. The van der Waals surface area contributed by atoms with Crippen LogP contribution in [0.4, 0.5) is 0 Å². The lowest BCUT2D eigenvalue weighted by Gasteiger charge is -2.09. The molecule has 0 saturated carbocycles. The van der Waals surface area contributed by atoms with Crippen LogP contribution < -0.4 is 10.6 Å². The van der Waals surface area contributed by atoms with Gasteiger partial charge in [-0.05, 0) is 24.3 Å². The Labute approximate surface area is 128 Å². The van der Waals surface area contributed by atoms with E-state index in [9.17, 15) is 4.79 Å². The average molecular weight is 308 g/mol. The number of halogens is 1. The summed E-state index contributed by atoms with van der Waals surface area (Å²) in [5.41, 5.74) is 1.15. The fraction of sp³-hybridized carbons (Fsp3) is 0.333. The minimum atomic E-state index is -0.149. The summed E-state index contributed by atoms with van der Waals surface area (Å²) in [4.78, 5) is 16.5. The van der Waals surface area contributed by atoms with Gasteiger partial charge in [0.15, 0.2) is 0 Å². The van der Waals surface area contributed by atoms with Gasteiger partial charge in [-0.15, -0.1) is 0 Å². The normalized spacial score (nSPS) is 10.8. The Hall–Kier alpha value is -1.69. The van der Waals surface area contributed by atoms with E-state index >= 15 is 0 Å². The summed E-state index contributed by atoms with van der Waals surface area (Å²) < 4.78 is 4.93. The number of ether oxygens (including phenoxy) is 1. The molecule has 21 heavy (non-hydrogen) atoms. The van der Waals surface area contributed by atoms with Gasteiger partial charge in [-0.2, -0.15) is 0 Å². The third kappa shape index (κ3) is 4.14. The van der Waals surface area contributed by atoms with E-state index in [1.807, 2.05) is 6.07 Å². The zero-order valence-corrected chi connectivity index (χ0v) is 12.6. The number of hydrogen-bond donors (Lipinski definition) is 2. The largest absolute Gasteiger partial charge is 0.383 e. The predicted molar refractivity (Wildman–Crippen MR) is 83.8 cm³/mol. The minimum absolute atomic E-state index is 0.149. The van der Waals surface area contributed by atoms with Crippen molar-refractivity contribution >= 4 is 28.4 Å². The van der Waals surface area contributed by atoms with Gasteiger partial charge >= 0.3 is 0 Å². The maximum atomic E-state index is 12.2. The van der Waals surface area contributed by atoms with Crippen LogP contribution in [0.15, 0.2) is 30.5 Å². The zero-order chi connectivity index (χ0) is 15.1. The van der Waals surface area contributed by atoms with Crippen molar-refractivity contribution in [2.75, 3.05) is 33.4 Å². The topological polar surface area (TPSA) is 63.2 Å². The Morgan fingerprint density at radius 1 is 1.29 bits per heavy atom. The third-order valence-electron chi connectivity index (χ3n) is 3.03. The molecule has 6 heteroatoms. The lowest BCUT2D eigenvalue weighted by Crippen LogP contribution is -2.33. The van der Waals surface area contributed by atoms with Gasteiger partial charge in [-0.3, -0.25) is 9.78 Å². The summed E-state index contributed by atoms with van der Waals surface area (Å²) in [5, 5.41) is 7.40. The van der Waals surface area contributed by atoms with Gasteiger partial charge in [0, 0.05) is 38.3 Å². The van der Waals surface area contributed by atoms with Crippen molar-refractivity contribution in [1.82, 2.24) is 15.6 Å². The number of carbonyl (C=O) groups excluding carboxylic acids is 1. The molecule has 0 bridgehead atoms. The SMILES string of the molecule is COCCNCCNC(=O)c1ccc(Cl)c2cccnc12. The minimum Gasteiger partial charge on any atom is -0.383 e. The van der Waals surface area contributed by atoms with E-state index in [1.165, 1.54) is 0 Å². The first-order valence-corrected chi connectivity index (χ1v) is 7.13. The van der Waals surface area contributed by atoms with Crippen molar-refractivity contribution in [2.45, 2.75) is 0 Å². The number of fused-ring (bicyclic) bond motifs is 1. The number of nitrogens with zero attached hydrogens (tertiary/aromatic N) is 1. The molecule has 0 saturated heterocycles. The molecule has 0 fully saturated rings.